The Morgan fingerprint density at radius 1 is 1.47 bits per heavy atom. The minimum atomic E-state index is -0.933. The summed E-state index contributed by atoms with van der Waals surface area (Å²) in [5.41, 5.74) is -0.663. The first-order chi connectivity index (χ1) is 8.91. The molecule has 104 valence electrons. The maximum absolute atomic E-state index is 13.3. The summed E-state index contributed by atoms with van der Waals surface area (Å²) in [6.07, 6.45) is 0. The van der Waals surface area contributed by atoms with Gasteiger partial charge in [0.05, 0.1) is 11.5 Å². The van der Waals surface area contributed by atoms with Crippen LogP contribution in [0.4, 0.5) is 15.8 Å². The number of nitrogens with zero attached hydrogens (tertiary/aromatic N) is 1. The molecule has 0 unspecified atom stereocenters. The van der Waals surface area contributed by atoms with E-state index in [2.05, 4.69) is 10.6 Å². The van der Waals surface area contributed by atoms with Crippen molar-refractivity contribution >= 4 is 17.3 Å². The lowest BCUT2D eigenvalue weighted by atomic mass is 10.2. The fourth-order valence-corrected chi connectivity index (χ4v) is 1.40. The molecule has 0 heterocycles. The van der Waals surface area contributed by atoms with E-state index in [1.165, 1.54) is 12.1 Å². The number of carbonyl (C=O) groups excluding carboxylic acids is 1. The first-order valence-corrected chi connectivity index (χ1v) is 5.85. The molecule has 0 aliphatic carbocycles. The molecule has 0 aliphatic heterocycles. The summed E-state index contributed by atoms with van der Waals surface area (Å²) in [6, 6.07) is 3.70. The molecule has 0 saturated heterocycles. The number of para-hydroxylation sites is 1. The standard InChI is InChI=1S/C12H16FN3O3/c1-8(2)6-15-11(17)7-14-10-5-3-4-9(13)12(10)16(18)19/h3-5,8,14H,6-7H2,1-2H3,(H,15,17). The van der Waals surface area contributed by atoms with Gasteiger partial charge in [-0.1, -0.05) is 19.9 Å². The zero-order chi connectivity index (χ0) is 14.4. The maximum Gasteiger partial charge on any atom is 0.327 e. The lowest BCUT2D eigenvalue weighted by Crippen LogP contribution is -2.32. The van der Waals surface area contributed by atoms with Gasteiger partial charge in [0.2, 0.25) is 11.7 Å². The topological polar surface area (TPSA) is 84.3 Å². The Kier molecular flexibility index (Phi) is 5.23. The number of amides is 1. The fourth-order valence-electron chi connectivity index (χ4n) is 1.40. The number of rotatable bonds is 6. The number of carbonyl (C=O) groups is 1. The Morgan fingerprint density at radius 3 is 2.74 bits per heavy atom. The van der Waals surface area contributed by atoms with E-state index < -0.39 is 16.4 Å². The van der Waals surface area contributed by atoms with Gasteiger partial charge in [-0.2, -0.15) is 4.39 Å². The number of nitro groups is 1. The third-order valence-electron chi connectivity index (χ3n) is 2.32. The van der Waals surface area contributed by atoms with E-state index in [4.69, 9.17) is 0 Å². The summed E-state index contributed by atoms with van der Waals surface area (Å²) in [5.74, 6) is -0.919. The quantitative estimate of drug-likeness (QED) is 0.610. The lowest BCUT2D eigenvalue weighted by molar-refractivity contribution is -0.386. The second-order valence-electron chi connectivity index (χ2n) is 4.44. The molecule has 0 radical (unpaired) electrons. The number of nitrogens with one attached hydrogen (secondary N) is 2. The van der Waals surface area contributed by atoms with Crippen molar-refractivity contribution in [1.82, 2.24) is 5.32 Å². The highest BCUT2D eigenvalue weighted by Crippen LogP contribution is 2.26. The van der Waals surface area contributed by atoms with Gasteiger partial charge in [-0.05, 0) is 18.1 Å². The van der Waals surface area contributed by atoms with Crippen LogP contribution in [0.15, 0.2) is 18.2 Å². The van der Waals surface area contributed by atoms with E-state index in [1.54, 1.807) is 0 Å². The molecule has 7 heteroatoms. The highest BCUT2D eigenvalue weighted by atomic mass is 19.1. The van der Waals surface area contributed by atoms with E-state index in [1.807, 2.05) is 13.8 Å². The normalized spacial score (nSPS) is 10.3. The summed E-state index contributed by atoms with van der Waals surface area (Å²) in [7, 11) is 0. The monoisotopic (exact) mass is 269 g/mol. The number of hydrogen-bond acceptors (Lipinski definition) is 4. The van der Waals surface area contributed by atoms with Crippen LogP contribution in [-0.2, 0) is 4.79 Å². The third-order valence-corrected chi connectivity index (χ3v) is 2.32. The molecule has 0 aromatic heterocycles. The number of nitro benzene ring substituents is 1. The van der Waals surface area contributed by atoms with Crippen LogP contribution in [0.2, 0.25) is 0 Å². The Hall–Kier alpha value is -2.18. The van der Waals surface area contributed by atoms with Gasteiger partial charge in [-0.25, -0.2) is 0 Å². The predicted molar refractivity (Wildman–Crippen MR) is 69.4 cm³/mol. The van der Waals surface area contributed by atoms with Crippen LogP contribution in [-0.4, -0.2) is 23.9 Å². The van der Waals surface area contributed by atoms with E-state index in [0.717, 1.165) is 6.07 Å². The molecular formula is C12H16FN3O3. The summed E-state index contributed by atoms with van der Waals surface area (Å²) in [6.45, 7) is 4.28. The van der Waals surface area contributed by atoms with Crippen molar-refractivity contribution in [3.8, 4) is 0 Å². The summed E-state index contributed by atoms with van der Waals surface area (Å²) >= 11 is 0. The van der Waals surface area contributed by atoms with Crippen LogP contribution in [0.1, 0.15) is 13.8 Å². The Morgan fingerprint density at radius 2 is 2.16 bits per heavy atom. The summed E-state index contributed by atoms with van der Waals surface area (Å²) in [4.78, 5) is 21.4. The van der Waals surface area contributed by atoms with E-state index in [9.17, 15) is 19.3 Å². The minimum Gasteiger partial charge on any atom is -0.370 e. The van der Waals surface area contributed by atoms with Gasteiger partial charge in [0.25, 0.3) is 0 Å². The maximum atomic E-state index is 13.3. The van der Waals surface area contributed by atoms with Crippen LogP contribution in [0, 0.1) is 21.8 Å². The SMILES string of the molecule is CC(C)CNC(=O)CNc1cccc(F)c1[N+](=O)[O-]. The second kappa shape index (κ2) is 6.67. The Balaban J connectivity index is 2.65. The molecule has 0 bridgehead atoms. The summed E-state index contributed by atoms with van der Waals surface area (Å²) < 4.78 is 13.3. The van der Waals surface area contributed by atoms with Crippen molar-refractivity contribution in [2.75, 3.05) is 18.4 Å². The average molecular weight is 269 g/mol. The predicted octanol–water partition coefficient (Wildman–Crippen LogP) is 1.92. The molecule has 0 spiro atoms. The average Bonchev–Trinajstić information content (AvgIpc) is 2.33. The molecule has 0 aliphatic rings. The molecule has 0 atom stereocenters. The van der Waals surface area contributed by atoms with Crippen LogP contribution in [0.25, 0.3) is 0 Å². The zero-order valence-corrected chi connectivity index (χ0v) is 10.8. The van der Waals surface area contributed by atoms with Gasteiger partial charge in [0.1, 0.15) is 5.69 Å². The third kappa shape index (κ3) is 4.53. The van der Waals surface area contributed by atoms with Gasteiger partial charge in [-0.3, -0.25) is 14.9 Å². The molecule has 1 rings (SSSR count). The van der Waals surface area contributed by atoms with E-state index in [0.29, 0.717) is 12.5 Å². The van der Waals surface area contributed by atoms with Crippen molar-refractivity contribution in [1.29, 1.82) is 0 Å². The minimum absolute atomic E-state index is 0.00954. The highest BCUT2D eigenvalue weighted by Gasteiger charge is 2.19. The van der Waals surface area contributed by atoms with Crippen molar-refractivity contribution < 1.29 is 14.1 Å². The zero-order valence-electron chi connectivity index (χ0n) is 10.8. The molecule has 1 aromatic carbocycles. The number of hydrogen-bond donors (Lipinski definition) is 2. The van der Waals surface area contributed by atoms with Crippen molar-refractivity contribution in [3.05, 3.63) is 34.1 Å². The lowest BCUT2D eigenvalue weighted by Gasteiger charge is -2.09. The molecular weight excluding hydrogens is 253 g/mol. The number of halogens is 1. The van der Waals surface area contributed by atoms with Crippen LogP contribution in [0.3, 0.4) is 0 Å². The highest BCUT2D eigenvalue weighted by molar-refractivity contribution is 5.81. The molecule has 0 saturated carbocycles. The van der Waals surface area contributed by atoms with Gasteiger partial charge in [0, 0.05) is 6.54 Å². The van der Waals surface area contributed by atoms with Crippen LogP contribution >= 0.6 is 0 Å². The molecule has 0 fully saturated rings. The second-order valence-corrected chi connectivity index (χ2v) is 4.44. The van der Waals surface area contributed by atoms with E-state index >= 15 is 0 Å². The molecule has 19 heavy (non-hydrogen) atoms. The smallest absolute Gasteiger partial charge is 0.327 e. The van der Waals surface area contributed by atoms with Gasteiger partial charge in [-0.15, -0.1) is 0 Å². The van der Waals surface area contributed by atoms with Crippen molar-refractivity contribution in [3.63, 3.8) is 0 Å². The van der Waals surface area contributed by atoms with Crippen LogP contribution < -0.4 is 10.6 Å². The fraction of sp³-hybridized carbons (Fsp3) is 0.417. The van der Waals surface area contributed by atoms with Crippen molar-refractivity contribution in [2.24, 2.45) is 5.92 Å². The molecule has 1 aromatic rings. The Bertz CT molecular complexity index is 477. The van der Waals surface area contributed by atoms with E-state index in [-0.39, 0.29) is 18.1 Å². The molecule has 2 N–H and O–H groups in total. The van der Waals surface area contributed by atoms with Gasteiger partial charge >= 0.3 is 5.69 Å². The largest absolute Gasteiger partial charge is 0.370 e. The van der Waals surface area contributed by atoms with Crippen LogP contribution in [0.5, 0.6) is 0 Å². The Labute approximate surface area is 110 Å². The first kappa shape index (κ1) is 14.9. The van der Waals surface area contributed by atoms with Gasteiger partial charge in [0.15, 0.2) is 0 Å². The first-order valence-electron chi connectivity index (χ1n) is 5.85. The molecule has 6 nitrogen and oxygen atoms in total. The number of benzene rings is 1. The van der Waals surface area contributed by atoms with Crippen molar-refractivity contribution in [2.45, 2.75) is 13.8 Å². The van der Waals surface area contributed by atoms with Gasteiger partial charge < -0.3 is 10.6 Å². The molecule has 1 amide bonds. The summed E-state index contributed by atoms with van der Waals surface area (Å²) in [5, 5.41) is 15.9. The number of anilines is 1.